The summed E-state index contributed by atoms with van der Waals surface area (Å²) < 4.78 is 0. The van der Waals surface area contributed by atoms with Gasteiger partial charge in [-0.1, -0.05) is 12.1 Å². The molecule has 1 saturated heterocycles. The number of amides is 2. The molecule has 4 rings (SSSR count). The third-order valence-corrected chi connectivity index (χ3v) is 5.06. The Labute approximate surface area is 130 Å². The molecular weight excluding hydrogens is 278 g/mol. The molecule has 1 fully saturated rings. The van der Waals surface area contributed by atoms with Crippen LogP contribution in [0.3, 0.4) is 0 Å². The van der Waals surface area contributed by atoms with Gasteiger partial charge in [0.2, 0.25) is 11.8 Å². The summed E-state index contributed by atoms with van der Waals surface area (Å²) >= 11 is 0. The van der Waals surface area contributed by atoms with E-state index in [1.54, 1.807) is 0 Å². The molecule has 1 unspecified atom stereocenters. The molecule has 2 amide bonds. The second-order valence-corrected chi connectivity index (χ2v) is 6.51. The summed E-state index contributed by atoms with van der Waals surface area (Å²) in [5, 5.41) is 5.91. The van der Waals surface area contributed by atoms with Crippen LogP contribution >= 0.6 is 0 Å². The van der Waals surface area contributed by atoms with Crippen LogP contribution in [-0.2, 0) is 35.5 Å². The van der Waals surface area contributed by atoms with E-state index in [0.29, 0.717) is 12.8 Å². The minimum absolute atomic E-state index is 0.130. The molecule has 1 atom stereocenters. The van der Waals surface area contributed by atoms with E-state index in [-0.39, 0.29) is 17.9 Å². The molecule has 0 bridgehead atoms. The molecule has 1 aromatic carbocycles. The Morgan fingerprint density at radius 1 is 0.909 bits per heavy atom. The Hall–Kier alpha value is -1.72. The first-order chi connectivity index (χ1) is 10.7. The predicted molar refractivity (Wildman–Crippen MR) is 82.1 cm³/mol. The van der Waals surface area contributed by atoms with Gasteiger partial charge < -0.3 is 5.32 Å². The molecular formula is C17H21N3O2. The van der Waals surface area contributed by atoms with Crippen LogP contribution < -0.4 is 10.6 Å². The molecule has 2 N–H and O–H groups in total. The van der Waals surface area contributed by atoms with Gasteiger partial charge in [-0.25, -0.2) is 0 Å². The summed E-state index contributed by atoms with van der Waals surface area (Å²) in [5.74, 6) is -0.271. The summed E-state index contributed by atoms with van der Waals surface area (Å²) in [4.78, 5) is 25.6. The summed E-state index contributed by atoms with van der Waals surface area (Å²) in [6.07, 6.45) is 3.26. The second kappa shape index (κ2) is 5.48. The summed E-state index contributed by atoms with van der Waals surface area (Å²) in [7, 11) is 0. The predicted octanol–water partition coefficient (Wildman–Crippen LogP) is 0.496. The van der Waals surface area contributed by atoms with Crippen molar-refractivity contribution < 1.29 is 9.59 Å². The highest BCUT2D eigenvalue weighted by Crippen LogP contribution is 2.30. The van der Waals surface area contributed by atoms with Crippen molar-refractivity contribution in [3.8, 4) is 0 Å². The quantitative estimate of drug-likeness (QED) is 0.741. The smallest absolute Gasteiger partial charge is 0.243 e. The van der Waals surface area contributed by atoms with Crippen molar-refractivity contribution in [2.45, 2.75) is 44.8 Å². The van der Waals surface area contributed by atoms with Gasteiger partial charge in [-0.05, 0) is 54.6 Å². The maximum absolute atomic E-state index is 12.1. The highest BCUT2D eigenvalue weighted by molar-refractivity contribution is 6.00. The lowest BCUT2D eigenvalue weighted by Gasteiger charge is -2.29. The molecule has 0 spiro atoms. The lowest BCUT2D eigenvalue weighted by Crippen LogP contribution is -2.50. The van der Waals surface area contributed by atoms with Gasteiger partial charge in [-0.15, -0.1) is 0 Å². The SMILES string of the molecule is O=C1CCC(N2Cc3cc4c(cc3C2)CCNCC4)C(=O)N1. The number of benzene rings is 1. The normalized spacial score (nSPS) is 25.4. The fraction of sp³-hybridized carbons (Fsp3) is 0.529. The van der Waals surface area contributed by atoms with Gasteiger partial charge in [0.05, 0.1) is 6.04 Å². The van der Waals surface area contributed by atoms with E-state index in [1.807, 2.05) is 0 Å². The lowest BCUT2D eigenvalue weighted by atomic mass is 9.97. The highest BCUT2D eigenvalue weighted by Gasteiger charge is 2.35. The van der Waals surface area contributed by atoms with Gasteiger partial charge in [-0.3, -0.25) is 19.8 Å². The number of nitrogens with zero attached hydrogens (tertiary/aromatic N) is 1. The van der Waals surface area contributed by atoms with Crippen molar-refractivity contribution >= 4 is 11.8 Å². The van der Waals surface area contributed by atoms with Gasteiger partial charge in [0.25, 0.3) is 0 Å². The van der Waals surface area contributed by atoms with Crippen LogP contribution in [0.15, 0.2) is 12.1 Å². The van der Waals surface area contributed by atoms with Gasteiger partial charge in [0, 0.05) is 19.5 Å². The molecule has 0 radical (unpaired) electrons. The lowest BCUT2D eigenvalue weighted by molar-refractivity contribution is -0.137. The first kappa shape index (κ1) is 13.9. The minimum atomic E-state index is -0.161. The number of carbonyl (C=O) groups excluding carboxylic acids is 2. The number of carbonyl (C=O) groups is 2. The van der Waals surface area contributed by atoms with Gasteiger partial charge in [-0.2, -0.15) is 0 Å². The van der Waals surface area contributed by atoms with E-state index in [1.165, 1.54) is 22.3 Å². The minimum Gasteiger partial charge on any atom is -0.316 e. The fourth-order valence-corrected chi connectivity index (χ4v) is 3.87. The van der Waals surface area contributed by atoms with E-state index in [4.69, 9.17) is 0 Å². The van der Waals surface area contributed by atoms with Crippen LogP contribution in [0.5, 0.6) is 0 Å². The maximum atomic E-state index is 12.1. The third kappa shape index (κ3) is 2.44. The summed E-state index contributed by atoms with van der Waals surface area (Å²) in [5.41, 5.74) is 5.61. The first-order valence-electron chi connectivity index (χ1n) is 8.13. The zero-order chi connectivity index (χ0) is 15.1. The van der Waals surface area contributed by atoms with E-state index in [9.17, 15) is 9.59 Å². The van der Waals surface area contributed by atoms with Crippen molar-refractivity contribution in [1.82, 2.24) is 15.5 Å². The standard InChI is InChI=1S/C17H21N3O2/c21-16-2-1-15(17(22)19-16)20-9-13-7-11-3-5-18-6-4-12(11)8-14(13)10-20/h7-8,15,18H,1-6,9-10H2,(H,19,21,22). The summed E-state index contributed by atoms with van der Waals surface area (Å²) in [6.45, 7) is 3.73. The number of hydrogen-bond donors (Lipinski definition) is 2. The van der Waals surface area contributed by atoms with Crippen molar-refractivity contribution in [3.63, 3.8) is 0 Å². The number of piperidine rings is 1. The molecule has 22 heavy (non-hydrogen) atoms. The van der Waals surface area contributed by atoms with E-state index >= 15 is 0 Å². The van der Waals surface area contributed by atoms with E-state index in [2.05, 4.69) is 27.7 Å². The first-order valence-corrected chi connectivity index (χ1v) is 8.13. The molecule has 3 heterocycles. The van der Waals surface area contributed by atoms with Gasteiger partial charge in [0.15, 0.2) is 0 Å². The Balaban J connectivity index is 1.56. The molecule has 3 aliphatic heterocycles. The zero-order valence-corrected chi connectivity index (χ0v) is 12.7. The largest absolute Gasteiger partial charge is 0.316 e. The Bertz CT molecular complexity index is 606. The number of hydrogen-bond acceptors (Lipinski definition) is 4. The maximum Gasteiger partial charge on any atom is 0.243 e. The van der Waals surface area contributed by atoms with E-state index in [0.717, 1.165) is 39.0 Å². The number of rotatable bonds is 1. The fourth-order valence-electron chi connectivity index (χ4n) is 3.87. The molecule has 0 aromatic heterocycles. The molecule has 116 valence electrons. The average molecular weight is 299 g/mol. The average Bonchev–Trinajstić information content (AvgIpc) is 2.74. The molecule has 0 saturated carbocycles. The highest BCUT2D eigenvalue weighted by atomic mass is 16.2. The Kier molecular flexibility index (Phi) is 3.47. The summed E-state index contributed by atoms with van der Waals surface area (Å²) in [6, 6.07) is 4.51. The third-order valence-electron chi connectivity index (χ3n) is 5.06. The van der Waals surface area contributed by atoms with Crippen LogP contribution in [0.4, 0.5) is 0 Å². The van der Waals surface area contributed by atoms with Crippen LogP contribution in [0.2, 0.25) is 0 Å². The molecule has 5 nitrogen and oxygen atoms in total. The molecule has 3 aliphatic rings. The number of fused-ring (bicyclic) bond motifs is 2. The van der Waals surface area contributed by atoms with Gasteiger partial charge >= 0.3 is 0 Å². The topological polar surface area (TPSA) is 61.4 Å². The Morgan fingerprint density at radius 3 is 2.14 bits per heavy atom. The molecule has 1 aromatic rings. The van der Waals surface area contributed by atoms with Crippen molar-refractivity contribution in [2.24, 2.45) is 0 Å². The van der Waals surface area contributed by atoms with Crippen LogP contribution in [0.1, 0.15) is 35.1 Å². The molecule has 5 heteroatoms. The van der Waals surface area contributed by atoms with Crippen LogP contribution in [-0.4, -0.2) is 35.8 Å². The van der Waals surface area contributed by atoms with Gasteiger partial charge in [0.1, 0.15) is 0 Å². The van der Waals surface area contributed by atoms with Crippen LogP contribution in [0, 0.1) is 0 Å². The number of nitrogens with one attached hydrogen (secondary N) is 2. The Morgan fingerprint density at radius 2 is 1.55 bits per heavy atom. The van der Waals surface area contributed by atoms with Crippen LogP contribution in [0.25, 0.3) is 0 Å². The zero-order valence-electron chi connectivity index (χ0n) is 12.7. The molecule has 0 aliphatic carbocycles. The van der Waals surface area contributed by atoms with Crippen molar-refractivity contribution in [2.75, 3.05) is 13.1 Å². The van der Waals surface area contributed by atoms with E-state index < -0.39 is 0 Å². The number of imide groups is 1. The second-order valence-electron chi connectivity index (χ2n) is 6.51. The monoisotopic (exact) mass is 299 g/mol. The van der Waals surface area contributed by atoms with Crippen molar-refractivity contribution in [3.05, 3.63) is 34.4 Å². The van der Waals surface area contributed by atoms with Crippen molar-refractivity contribution in [1.29, 1.82) is 0 Å².